The van der Waals surface area contributed by atoms with Gasteiger partial charge in [-0.05, 0) is 48.0 Å². The van der Waals surface area contributed by atoms with Crippen LogP contribution in [0.2, 0.25) is 0 Å². The zero-order valence-electron chi connectivity index (χ0n) is 75.7. The first-order chi connectivity index (χ1) is 67.1. The van der Waals surface area contributed by atoms with Crippen molar-refractivity contribution in [3.63, 3.8) is 0 Å². The van der Waals surface area contributed by atoms with Gasteiger partial charge < -0.3 is 155 Å². The summed E-state index contributed by atoms with van der Waals surface area (Å²) in [6.07, 6.45) is -21.7. The molecule has 7 saturated heterocycles. The van der Waals surface area contributed by atoms with E-state index in [9.17, 15) is 81.9 Å². The van der Waals surface area contributed by atoms with Crippen LogP contribution in [0.1, 0.15) is 135 Å². The second kappa shape index (κ2) is 44.8. The molecule has 7 unspecified atom stereocenters. The fourth-order valence-corrected chi connectivity index (χ4v) is 26.1. The Balaban J connectivity index is 0.634. The van der Waals surface area contributed by atoms with Gasteiger partial charge in [-0.3, -0.25) is 75.6 Å². The van der Waals surface area contributed by atoms with Gasteiger partial charge in [0.05, 0.1) is 94.8 Å². The average molecular weight is 2270 g/mol. The van der Waals surface area contributed by atoms with E-state index in [0.29, 0.717) is 0 Å². The largest absolute Gasteiger partial charge is 0.780 e. The molecule has 8 aromatic heterocycles. The number of nitrogen functional groups attached to an aromatic ring is 3. The van der Waals surface area contributed by atoms with Gasteiger partial charge in [0, 0.05) is 123 Å². The van der Waals surface area contributed by atoms with Gasteiger partial charge in [0.15, 0.2) is 18.3 Å². The molecule has 15 heterocycles. The summed E-state index contributed by atoms with van der Waals surface area (Å²) in [5.41, 5.74) is 10.8. The summed E-state index contributed by atoms with van der Waals surface area (Å²) in [5, 5.41) is 0. The van der Waals surface area contributed by atoms with Gasteiger partial charge >= 0.3 is 34.1 Å². The molecule has 0 bridgehead atoms. The van der Waals surface area contributed by atoms with Crippen LogP contribution in [-0.4, -0.2) is 209 Å². The maximum atomic E-state index is 14.9. The number of nitrogens with one attached hydrogen (secondary N) is 4. The lowest BCUT2D eigenvalue weighted by molar-refractivity contribution is -0.221. The van der Waals surface area contributed by atoms with Crippen LogP contribution in [0.3, 0.4) is 0 Å². The summed E-state index contributed by atoms with van der Waals surface area (Å²) in [6, 6.07) is 0. The highest BCUT2D eigenvalue weighted by Gasteiger charge is 2.49. The van der Waals surface area contributed by atoms with Gasteiger partial charge in [-0.25, -0.2) is 43.7 Å². The third kappa shape index (κ3) is 26.9. The van der Waals surface area contributed by atoms with Crippen LogP contribution in [0.4, 0.5) is 17.5 Å². The molecule has 57 nitrogen and oxygen atoms in total. The molecule has 786 valence electrons. The van der Waals surface area contributed by atoms with Crippen molar-refractivity contribution in [2.45, 2.75) is 229 Å². The molecule has 7 fully saturated rings. The summed E-state index contributed by atoms with van der Waals surface area (Å²) < 4.78 is 147. The summed E-state index contributed by atoms with van der Waals surface area (Å²) in [4.78, 5) is 245. The van der Waals surface area contributed by atoms with Crippen molar-refractivity contribution in [1.29, 1.82) is 0 Å². The van der Waals surface area contributed by atoms with E-state index in [4.69, 9.17) is 197 Å². The van der Waals surface area contributed by atoms with Gasteiger partial charge in [0.1, 0.15) is 144 Å². The Bertz CT molecular complexity index is 7180. The third-order valence-corrected chi connectivity index (χ3v) is 34.7. The molecule has 143 heavy (non-hydrogen) atoms. The first-order valence-corrected chi connectivity index (χ1v) is 60.9. The number of aromatic amines is 4. The number of fused-ring (bicyclic) bond motifs is 1. The van der Waals surface area contributed by atoms with Crippen molar-refractivity contribution in [3.8, 4) is 0 Å². The predicted octanol–water partition coefficient (Wildman–Crippen LogP) is -2.83. The molecule has 10 N–H and O–H groups in total. The van der Waals surface area contributed by atoms with Crippen molar-refractivity contribution in [1.82, 2.24) is 76.8 Å². The molecule has 0 amide bonds. The smallest absolute Gasteiger partial charge is 0.351 e. The molecule has 0 aliphatic carbocycles. The third-order valence-electron chi connectivity index (χ3n) is 23.6. The molecular weight excluding hydrogens is 2180 g/mol. The molecule has 7 aliphatic rings. The quantitative estimate of drug-likeness (QED) is 0.0150. The minimum absolute atomic E-state index is 0.00223. The number of nitrogens with zero attached hydrogens (tertiary/aromatic N) is 12. The van der Waals surface area contributed by atoms with Crippen molar-refractivity contribution in [3.05, 3.63) is 188 Å². The molecular formula is C72H91N19O38P7S7-7. The normalized spacial score (nSPS) is 29.7. The second-order valence-corrected chi connectivity index (χ2v) is 52.6. The topological polar surface area (TPSA) is 760 Å². The van der Waals surface area contributed by atoms with Crippen LogP contribution in [-0.2, 0) is 184 Å². The van der Waals surface area contributed by atoms with Crippen molar-refractivity contribution in [2.75, 3.05) is 64.0 Å². The lowest BCUT2D eigenvalue weighted by Crippen LogP contribution is -2.34. The number of nitrogens with two attached hydrogens (primary N) is 3. The van der Waals surface area contributed by atoms with Crippen LogP contribution in [0.25, 0.3) is 11.2 Å². The minimum atomic E-state index is -5.06. The van der Waals surface area contributed by atoms with E-state index in [0.717, 1.165) is 53.2 Å². The predicted molar refractivity (Wildman–Crippen MR) is 507 cm³/mol. The van der Waals surface area contributed by atoms with Gasteiger partial charge in [-0.2, -0.15) is 9.97 Å². The van der Waals surface area contributed by atoms with E-state index in [2.05, 4.69) is 44.9 Å². The standard InChI is InChI=1S/C72H98N19O38P7S7/c1-9-37-38(10-51(116-37)87-19-33(4)63(92)81-69(87)98)124-131(103,138)110-24-48-42(14-55(120-48)89-21-35(6)65(94)83-71(89)100)127-134(106,141)114-27-49-43(15-56(121-49)90-22-36(7)66(95)84-72(90)101)128-133(105,140)113-26-46-40(12-52(118-46)85-17-31(2)59(73)79-67(85)96)125-132(104,139)112-25-47-41(13-53(119-47)86-18-32(3)60(74)80-68(86)97)126-135(107,142)115-28-50-44(16-57(122-50)91-30-78-58-61(75)76-29-77-62(58)91)129-136(108,143)111-23-45-39(123-130(102,137)109-8)11-54(117-45)88-20-34(5)64(93)82-70(88)99/h17-22,29-30,37-57H,9-16,23-28H2,1-8H3,(H,102,137)(H,103,138)(H,104,139)(H,105,140)(H,106,141)(H,107,142)(H,108,143)(H2,73,79,96)(H2,74,80,97)(H2,75,76,77)(H,81,92,98)(H,82,93,99)(H,83,94,100)(H,84,95,101)/p-7/t37-,38-,39-,40-,41-,42-,43-,44-,45-,46-,47-,48-,49-,50-,51-,52-,53-,54-,55-,56-,57-,130?,131?,132?,133?,134?,135?,136?/m1/s1. The molecule has 8 aromatic rings. The molecule has 0 saturated carbocycles. The maximum Gasteiger partial charge on any atom is 0.351 e. The molecule has 28 atom stereocenters. The fraction of sp³-hybridized carbons (Fsp3) is 0.597. The van der Waals surface area contributed by atoms with Gasteiger partial charge in [0.25, 0.3) is 22.2 Å². The highest BCUT2D eigenvalue weighted by atomic mass is 32.7. The molecule has 0 radical (unpaired) electrons. The van der Waals surface area contributed by atoms with E-state index in [1.807, 2.05) is 0 Å². The lowest BCUT2D eigenvalue weighted by atomic mass is 10.1. The van der Waals surface area contributed by atoms with Crippen molar-refractivity contribution >= 4 is 159 Å². The molecule has 7 aliphatic heterocycles. The minimum Gasteiger partial charge on any atom is -0.780 e. The Labute approximate surface area is 841 Å². The SMILES string of the molecule is CC[C@H]1O[C@@H](n2cc(C)c(=O)[nH]c2=O)C[C@H]1OP([O-])(=S)OC[C@H]1O[C@@H](n2cc(C)c(=O)[nH]c2=O)C[C@H]1OP(=O)([S-])OC[C@H]1O[C@@H](n2cc(C)c(=O)[nH]c2=O)C[C@H]1OP([O-])(=S)OC[C@H]1O[C@@H](n2cc(C)c(N)nc2=O)C[C@H]1OP([O-])(=S)OC[C@H]1O[C@@H](n2cc(C)c(N)nc2=O)C[C@H]1OP([O-])(=S)OC[C@H]1O[C@@H](n2cnc3c(N)ncnc32)C[C@H]1OP([O-])(=S)OC[C@H]1O[C@@H](n2cc(C)c(=O)[nH]c2=O)C[C@H]1OP([O-])(=S)OC. The summed E-state index contributed by atoms with van der Waals surface area (Å²) >= 11 is 37.8. The summed E-state index contributed by atoms with van der Waals surface area (Å²) in [5.74, 6) is -0.356. The van der Waals surface area contributed by atoms with Crippen LogP contribution in [0.15, 0.2) is 97.8 Å². The number of hydrogen-bond donors (Lipinski definition) is 7. The zero-order chi connectivity index (χ0) is 104. The van der Waals surface area contributed by atoms with E-state index < -0.39 is 298 Å². The van der Waals surface area contributed by atoms with E-state index in [1.165, 1.54) is 77.2 Å². The first-order valence-electron chi connectivity index (χ1n) is 43.0. The Morgan fingerprint density at radius 3 is 0.909 bits per heavy atom. The fourth-order valence-electron chi connectivity index (χ4n) is 16.4. The van der Waals surface area contributed by atoms with Gasteiger partial charge in [-0.15, -0.1) is 0 Å². The van der Waals surface area contributed by atoms with Crippen molar-refractivity contribution < 1.29 is 130 Å². The Morgan fingerprint density at radius 2 is 0.615 bits per heavy atom. The zero-order valence-corrected chi connectivity index (χ0v) is 87.7. The number of hydrogen-bond acceptors (Lipinski definition) is 53. The first kappa shape index (κ1) is 111. The van der Waals surface area contributed by atoms with E-state index in [1.54, 1.807) is 6.92 Å². The number of aromatic nitrogens is 16. The number of rotatable bonds is 41. The highest BCUT2D eigenvalue weighted by molar-refractivity contribution is 8.32. The second-order valence-electron chi connectivity index (χ2n) is 33.6. The van der Waals surface area contributed by atoms with Crippen LogP contribution >= 0.6 is 47.1 Å². The number of imidazole rings is 1. The highest BCUT2D eigenvalue weighted by Crippen LogP contribution is 2.57. The van der Waals surface area contributed by atoms with Gasteiger partial charge in [0.2, 0.25) is 0 Å². The number of aryl methyl sites for hydroxylation is 6. The molecule has 71 heteroatoms. The Kier molecular flexibility index (Phi) is 34.7. The van der Waals surface area contributed by atoms with Crippen molar-refractivity contribution in [2.24, 2.45) is 0 Å². The number of anilines is 3. The van der Waals surface area contributed by atoms with E-state index >= 15 is 0 Å². The van der Waals surface area contributed by atoms with Crippen LogP contribution < -0.4 is 103 Å². The van der Waals surface area contributed by atoms with Crippen LogP contribution in [0, 0.1) is 41.5 Å². The number of ether oxygens (including phenoxy) is 7. The molecule has 0 aromatic carbocycles. The number of H-pyrrole nitrogens is 4. The Morgan fingerprint density at radius 1 is 0.364 bits per heavy atom. The van der Waals surface area contributed by atoms with E-state index in [-0.39, 0.29) is 87.7 Å². The van der Waals surface area contributed by atoms with Gasteiger partial charge in [-0.1, -0.05) is 77.8 Å². The maximum absolute atomic E-state index is 14.9. The van der Waals surface area contributed by atoms with Crippen LogP contribution in [0.5, 0.6) is 0 Å². The summed E-state index contributed by atoms with van der Waals surface area (Å²) in [7, 11) is 1.02. The lowest BCUT2D eigenvalue weighted by Gasteiger charge is -2.36. The average Bonchev–Trinajstić information content (AvgIpc) is 1.36. The summed E-state index contributed by atoms with van der Waals surface area (Å²) in [6.45, 7) is -28.6. The molecule has 15 rings (SSSR count). The monoisotopic (exact) mass is 2270 g/mol. The Hall–Kier alpha value is -6.17. The molecule has 0 spiro atoms.